The van der Waals surface area contributed by atoms with Crippen molar-refractivity contribution in [3.63, 3.8) is 0 Å². The zero-order valence-corrected chi connectivity index (χ0v) is 20.4. The highest BCUT2D eigenvalue weighted by atomic mass is 35.5. The highest BCUT2D eigenvalue weighted by molar-refractivity contribution is 6.32. The number of ether oxygens (including phenoxy) is 2. The summed E-state index contributed by atoms with van der Waals surface area (Å²) in [5.74, 6) is -0.566. The third kappa shape index (κ3) is 7.00. The van der Waals surface area contributed by atoms with Crippen molar-refractivity contribution in [3.8, 4) is 17.6 Å². The summed E-state index contributed by atoms with van der Waals surface area (Å²) in [6, 6.07) is 18.8. The van der Waals surface area contributed by atoms with Crippen LogP contribution in [0.3, 0.4) is 0 Å². The van der Waals surface area contributed by atoms with Crippen LogP contribution in [0.1, 0.15) is 11.1 Å². The summed E-state index contributed by atoms with van der Waals surface area (Å²) in [6.07, 6.45) is 1.37. The summed E-state index contributed by atoms with van der Waals surface area (Å²) in [5, 5.41) is 15.6. The van der Waals surface area contributed by atoms with Gasteiger partial charge in [0, 0.05) is 16.4 Å². The van der Waals surface area contributed by atoms with E-state index in [9.17, 15) is 14.9 Å². The van der Waals surface area contributed by atoms with E-state index in [0.717, 1.165) is 5.56 Å². The molecule has 0 saturated carbocycles. The van der Waals surface area contributed by atoms with Crippen LogP contribution in [0.4, 0.5) is 11.4 Å². The van der Waals surface area contributed by atoms with Crippen LogP contribution in [0.2, 0.25) is 10.0 Å². The Bertz CT molecular complexity index is 1320. The lowest BCUT2D eigenvalue weighted by Gasteiger charge is -2.14. The molecule has 0 spiro atoms. The number of carbonyl (C=O) groups excluding carboxylic acids is 2. The van der Waals surface area contributed by atoms with Gasteiger partial charge in [-0.3, -0.25) is 9.59 Å². The minimum absolute atomic E-state index is 0.148. The van der Waals surface area contributed by atoms with Gasteiger partial charge in [-0.2, -0.15) is 5.26 Å². The summed E-state index contributed by atoms with van der Waals surface area (Å²) in [6.45, 7) is 1.58. The minimum atomic E-state index is -0.599. The molecule has 0 aliphatic carbocycles. The fourth-order valence-electron chi connectivity index (χ4n) is 3.05. The topological polar surface area (TPSA) is 100 Å². The number of para-hydroxylation sites is 1. The van der Waals surface area contributed by atoms with Crippen molar-refractivity contribution in [2.75, 3.05) is 24.4 Å². The number of hydrogen-bond donors (Lipinski definition) is 2. The maximum Gasteiger partial charge on any atom is 0.266 e. The van der Waals surface area contributed by atoms with E-state index >= 15 is 0 Å². The fourth-order valence-corrected chi connectivity index (χ4v) is 3.45. The summed E-state index contributed by atoms with van der Waals surface area (Å²) in [5.41, 5.74) is 2.38. The molecule has 0 aliphatic heterocycles. The number of rotatable bonds is 8. The van der Waals surface area contributed by atoms with Crippen LogP contribution in [-0.2, 0) is 9.59 Å². The van der Waals surface area contributed by atoms with Gasteiger partial charge in [0.05, 0.1) is 12.1 Å². The normalized spacial score (nSPS) is 10.8. The van der Waals surface area contributed by atoms with Crippen molar-refractivity contribution < 1.29 is 19.1 Å². The number of aryl methyl sites for hydroxylation is 1. The molecular weight excluding hydrogens is 489 g/mol. The Morgan fingerprint density at radius 3 is 2.43 bits per heavy atom. The second kappa shape index (κ2) is 11.9. The number of nitrogens with one attached hydrogen (secondary N) is 2. The average Bonchev–Trinajstić information content (AvgIpc) is 2.84. The molecule has 2 amide bonds. The van der Waals surface area contributed by atoms with Crippen LogP contribution in [0.25, 0.3) is 6.08 Å². The van der Waals surface area contributed by atoms with E-state index in [1.54, 1.807) is 36.4 Å². The molecule has 0 aromatic heterocycles. The van der Waals surface area contributed by atoms with E-state index in [0.29, 0.717) is 22.0 Å². The van der Waals surface area contributed by atoms with E-state index in [2.05, 4.69) is 10.6 Å². The van der Waals surface area contributed by atoms with Crippen LogP contribution in [0.5, 0.6) is 11.5 Å². The van der Waals surface area contributed by atoms with E-state index in [-0.39, 0.29) is 34.6 Å². The van der Waals surface area contributed by atoms with Gasteiger partial charge in [0.2, 0.25) is 0 Å². The van der Waals surface area contributed by atoms with Crippen LogP contribution in [0.15, 0.2) is 66.2 Å². The van der Waals surface area contributed by atoms with Crippen molar-refractivity contribution in [2.24, 2.45) is 0 Å². The van der Waals surface area contributed by atoms with Crippen molar-refractivity contribution >= 4 is 52.5 Å². The molecule has 178 valence electrons. The predicted molar refractivity (Wildman–Crippen MR) is 137 cm³/mol. The van der Waals surface area contributed by atoms with Crippen LogP contribution in [-0.4, -0.2) is 25.5 Å². The van der Waals surface area contributed by atoms with E-state index in [1.165, 1.54) is 19.3 Å². The van der Waals surface area contributed by atoms with Crippen molar-refractivity contribution in [1.29, 1.82) is 5.26 Å². The third-order valence-corrected chi connectivity index (χ3v) is 5.33. The Morgan fingerprint density at radius 1 is 1.06 bits per heavy atom. The van der Waals surface area contributed by atoms with Gasteiger partial charge in [-0.15, -0.1) is 0 Å². The van der Waals surface area contributed by atoms with Gasteiger partial charge in [0.25, 0.3) is 11.8 Å². The fraction of sp³-hybridized carbons (Fsp3) is 0.115. The molecular formula is C26H21Cl2N3O4. The average molecular weight is 510 g/mol. The number of methoxy groups -OCH3 is 1. The monoisotopic (exact) mass is 509 g/mol. The highest BCUT2D eigenvalue weighted by Gasteiger charge is 2.16. The van der Waals surface area contributed by atoms with Crippen LogP contribution in [0, 0.1) is 18.3 Å². The Kier molecular flexibility index (Phi) is 8.74. The third-order valence-electron chi connectivity index (χ3n) is 4.80. The summed E-state index contributed by atoms with van der Waals surface area (Å²) < 4.78 is 11.0. The molecule has 3 rings (SSSR count). The molecule has 0 radical (unpaired) electrons. The number of hydrogen-bond acceptors (Lipinski definition) is 5. The molecule has 3 aromatic carbocycles. The number of carbonyl (C=O) groups is 2. The Labute approximate surface area is 212 Å². The number of anilines is 2. The molecule has 2 N–H and O–H groups in total. The first-order valence-corrected chi connectivity index (χ1v) is 11.1. The van der Waals surface area contributed by atoms with Gasteiger partial charge in [-0.05, 0) is 66.6 Å². The van der Waals surface area contributed by atoms with Gasteiger partial charge in [-0.1, -0.05) is 41.4 Å². The molecule has 35 heavy (non-hydrogen) atoms. The van der Waals surface area contributed by atoms with Crippen molar-refractivity contribution in [2.45, 2.75) is 6.92 Å². The molecule has 0 saturated heterocycles. The molecule has 9 heteroatoms. The molecule has 0 atom stereocenters. The number of nitrogens with zero attached hydrogens (tertiary/aromatic N) is 1. The first-order valence-electron chi connectivity index (χ1n) is 10.3. The molecule has 0 heterocycles. The number of halogens is 2. The minimum Gasteiger partial charge on any atom is -0.493 e. The SMILES string of the molecule is COc1cc(/C=C(/C#N)C(=O)Nc2ccc(Cl)cc2)cc(Cl)c1OCC(=O)Nc1ccccc1C. The molecule has 0 unspecified atom stereocenters. The van der Waals surface area contributed by atoms with Gasteiger partial charge in [0.1, 0.15) is 11.6 Å². The summed E-state index contributed by atoms with van der Waals surface area (Å²) in [7, 11) is 1.41. The number of nitriles is 1. The molecule has 0 fully saturated rings. The second-order valence-corrected chi connectivity index (χ2v) is 8.16. The summed E-state index contributed by atoms with van der Waals surface area (Å²) in [4.78, 5) is 24.8. The van der Waals surface area contributed by atoms with E-state index < -0.39 is 5.91 Å². The first kappa shape index (κ1) is 25.6. The van der Waals surface area contributed by atoms with E-state index in [4.69, 9.17) is 32.7 Å². The van der Waals surface area contributed by atoms with Gasteiger partial charge < -0.3 is 20.1 Å². The first-order chi connectivity index (χ1) is 16.8. The van der Waals surface area contributed by atoms with Crippen molar-refractivity contribution in [1.82, 2.24) is 0 Å². The second-order valence-electron chi connectivity index (χ2n) is 7.32. The Balaban J connectivity index is 1.74. The highest BCUT2D eigenvalue weighted by Crippen LogP contribution is 2.37. The van der Waals surface area contributed by atoms with Gasteiger partial charge in [-0.25, -0.2) is 0 Å². The zero-order chi connectivity index (χ0) is 25.4. The smallest absolute Gasteiger partial charge is 0.266 e. The van der Waals surface area contributed by atoms with Crippen LogP contribution >= 0.6 is 23.2 Å². The lowest BCUT2D eigenvalue weighted by atomic mass is 10.1. The van der Waals surface area contributed by atoms with Crippen LogP contribution < -0.4 is 20.1 Å². The Hall–Kier alpha value is -3.99. The molecule has 7 nitrogen and oxygen atoms in total. The zero-order valence-electron chi connectivity index (χ0n) is 18.9. The van der Waals surface area contributed by atoms with E-state index in [1.807, 2.05) is 31.2 Å². The maximum absolute atomic E-state index is 12.5. The lowest BCUT2D eigenvalue weighted by molar-refractivity contribution is -0.118. The van der Waals surface area contributed by atoms with Gasteiger partial charge in [0.15, 0.2) is 18.1 Å². The molecule has 3 aromatic rings. The summed E-state index contributed by atoms with van der Waals surface area (Å²) >= 11 is 12.2. The molecule has 0 aliphatic rings. The quantitative estimate of drug-likeness (QED) is 0.292. The number of benzene rings is 3. The molecule has 0 bridgehead atoms. The standard InChI is InChI=1S/C26H21Cl2N3O4/c1-16-5-3-4-6-22(16)31-24(32)15-35-25-21(28)12-17(13-23(25)34-2)11-18(14-29)26(33)30-20-9-7-19(27)8-10-20/h3-13H,15H2,1-2H3,(H,30,33)(H,31,32)/b18-11-. The lowest BCUT2D eigenvalue weighted by Crippen LogP contribution is -2.21. The van der Waals surface area contributed by atoms with Gasteiger partial charge >= 0.3 is 0 Å². The largest absolute Gasteiger partial charge is 0.493 e. The van der Waals surface area contributed by atoms with Crippen molar-refractivity contribution in [3.05, 3.63) is 87.4 Å². The predicted octanol–water partition coefficient (Wildman–Crippen LogP) is 5.87. The Morgan fingerprint density at radius 2 is 1.77 bits per heavy atom. The maximum atomic E-state index is 12.5. The number of amides is 2.